The van der Waals surface area contributed by atoms with E-state index in [2.05, 4.69) is 5.32 Å². The van der Waals surface area contributed by atoms with E-state index < -0.39 is 17.8 Å². The van der Waals surface area contributed by atoms with Crippen LogP contribution in [0.4, 0.5) is 13.2 Å². The van der Waals surface area contributed by atoms with Gasteiger partial charge < -0.3 is 10.1 Å². The van der Waals surface area contributed by atoms with Gasteiger partial charge in [-0.15, -0.1) is 0 Å². The van der Waals surface area contributed by atoms with E-state index >= 15 is 0 Å². The van der Waals surface area contributed by atoms with E-state index in [9.17, 15) is 13.2 Å². The van der Waals surface area contributed by atoms with Crippen LogP contribution in [-0.2, 0) is 10.9 Å². The molecule has 0 aromatic heterocycles. The van der Waals surface area contributed by atoms with Gasteiger partial charge in [0.2, 0.25) is 0 Å². The first-order chi connectivity index (χ1) is 9.65. The molecule has 0 bridgehead atoms. The van der Waals surface area contributed by atoms with Crippen molar-refractivity contribution in [3.8, 4) is 0 Å². The van der Waals surface area contributed by atoms with Gasteiger partial charge in [-0.2, -0.15) is 13.2 Å². The number of benzene rings is 1. The van der Waals surface area contributed by atoms with Crippen molar-refractivity contribution in [3.05, 3.63) is 35.4 Å². The monoisotopic (exact) mass is 303 g/mol. The second-order valence-corrected chi connectivity index (χ2v) is 6.02. The Labute approximate surface area is 124 Å². The van der Waals surface area contributed by atoms with Crippen molar-refractivity contribution in [1.82, 2.24) is 5.32 Å². The first-order valence-corrected chi connectivity index (χ1v) is 7.18. The Morgan fingerprint density at radius 2 is 1.76 bits per heavy atom. The van der Waals surface area contributed by atoms with Crippen LogP contribution in [0, 0.1) is 0 Å². The Balaban J connectivity index is 3.02. The molecule has 5 heteroatoms. The molecule has 0 saturated heterocycles. The zero-order valence-corrected chi connectivity index (χ0v) is 13.1. The second-order valence-electron chi connectivity index (χ2n) is 6.02. The third-order valence-electron chi connectivity index (χ3n) is 2.97. The average molecular weight is 303 g/mol. The molecule has 0 amide bonds. The summed E-state index contributed by atoms with van der Waals surface area (Å²) >= 11 is 0. The molecule has 1 aromatic rings. The van der Waals surface area contributed by atoms with Crippen LogP contribution < -0.4 is 5.32 Å². The van der Waals surface area contributed by atoms with Crippen LogP contribution in [-0.4, -0.2) is 18.8 Å². The Kier molecular flexibility index (Phi) is 6.23. The van der Waals surface area contributed by atoms with Gasteiger partial charge in [0, 0.05) is 0 Å². The molecule has 0 saturated carbocycles. The highest BCUT2D eigenvalue weighted by Gasteiger charge is 2.35. The van der Waals surface area contributed by atoms with Crippen LogP contribution >= 0.6 is 0 Å². The molecule has 0 aliphatic rings. The van der Waals surface area contributed by atoms with Crippen molar-refractivity contribution in [1.29, 1.82) is 0 Å². The normalized spacial score (nSPS) is 14.2. The molecule has 1 rings (SSSR count). The second kappa shape index (κ2) is 7.27. The zero-order valence-electron chi connectivity index (χ0n) is 13.1. The number of ether oxygens (including phenoxy) is 1. The van der Waals surface area contributed by atoms with Crippen LogP contribution in [0.2, 0.25) is 0 Å². The maximum atomic E-state index is 13.1. The van der Waals surface area contributed by atoms with Crippen LogP contribution in [0.1, 0.15) is 51.3 Å². The fourth-order valence-electron chi connectivity index (χ4n) is 1.97. The first-order valence-electron chi connectivity index (χ1n) is 7.18. The van der Waals surface area contributed by atoms with E-state index in [0.29, 0.717) is 6.54 Å². The molecule has 0 heterocycles. The van der Waals surface area contributed by atoms with Gasteiger partial charge in [-0.25, -0.2) is 0 Å². The zero-order chi connectivity index (χ0) is 16.1. The van der Waals surface area contributed by atoms with Crippen LogP contribution in [0.5, 0.6) is 0 Å². The standard InChI is InChI=1S/C16H24F3NO/c1-5-10-20-14(11-21-15(2,3)4)12-8-6-7-9-13(12)16(17,18)19/h6-9,14,20H,5,10-11H2,1-4H3. The molecular formula is C16H24F3NO. The number of hydrogen-bond acceptors (Lipinski definition) is 2. The van der Waals surface area contributed by atoms with Crippen molar-refractivity contribution < 1.29 is 17.9 Å². The molecule has 0 fully saturated rings. The Bertz CT molecular complexity index is 438. The minimum Gasteiger partial charge on any atom is -0.374 e. The summed E-state index contributed by atoms with van der Waals surface area (Å²) in [7, 11) is 0. The van der Waals surface area contributed by atoms with Crippen molar-refractivity contribution in [2.75, 3.05) is 13.2 Å². The van der Waals surface area contributed by atoms with Gasteiger partial charge in [0.15, 0.2) is 0 Å². The van der Waals surface area contributed by atoms with E-state index in [4.69, 9.17) is 4.74 Å². The molecule has 0 aliphatic heterocycles. The molecule has 21 heavy (non-hydrogen) atoms. The van der Waals surface area contributed by atoms with Crippen molar-refractivity contribution in [3.63, 3.8) is 0 Å². The predicted molar refractivity (Wildman–Crippen MR) is 78.2 cm³/mol. The van der Waals surface area contributed by atoms with Gasteiger partial charge in [-0.1, -0.05) is 25.1 Å². The number of rotatable bonds is 6. The van der Waals surface area contributed by atoms with Crippen molar-refractivity contribution >= 4 is 0 Å². The highest BCUT2D eigenvalue weighted by molar-refractivity contribution is 5.32. The lowest BCUT2D eigenvalue weighted by atomic mass is 10.00. The third-order valence-corrected chi connectivity index (χ3v) is 2.97. The maximum absolute atomic E-state index is 13.1. The molecule has 1 unspecified atom stereocenters. The number of alkyl halides is 3. The van der Waals surface area contributed by atoms with Gasteiger partial charge in [0.1, 0.15) is 0 Å². The number of halogens is 3. The lowest BCUT2D eigenvalue weighted by Gasteiger charge is -2.27. The van der Waals surface area contributed by atoms with Crippen molar-refractivity contribution in [2.24, 2.45) is 0 Å². The van der Waals surface area contributed by atoms with Gasteiger partial charge in [0.25, 0.3) is 0 Å². The average Bonchev–Trinajstić information content (AvgIpc) is 2.37. The lowest BCUT2D eigenvalue weighted by molar-refractivity contribution is -0.138. The summed E-state index contributed by atoms with van der Waals surface area (Å²) in [6.07, 6.45) is -3.51. The fourth-order valence-corrected chi connectivity index (χ4v) is 1.97. The molecule has 0 spiro atoms. The third kappa shape index (κ3) is 6.06. The largest absolute Gasteiger partial charge is 0.416 e. The van der Waals surface area contributed by atoms with E-state index in [1.807, 2.05) is 27.7 Å². The summed E-state index contributed by atoms with van der Waals surface area (Å²) in [5.41, 5.74) is -0.752. The number of nitrogens with one attached hydrogen (secondary N) is 1. The van der Waals surface area contributed by atoms with Gasteiger partial charge in [-0.05, 0) is 45.4 Å². The minimum absolute atomic E-state index is 0.205. The molecule has 0 aliphatic carbocycles. The van der Waals surface area contributed by atoms with Gasteiger partial charge in [-0.3, -0.25) is 0 Å². The predicted octanol–water partition coefficient (Wildman–Crippen LogP) is 4.56. The van der Waals surface area contributed by atoms with E-state index in [1.54, 1.807) is 6.07 Å². The molecule has 1 atom stereocenters. The van der Waals surface area contributed by atoms with E-state index in [0.717, 1.165) is 12.5 Å². The summed E-state index contributed by atoms with van der Waals surface area (Å²) in [5, 5.41) is 3.15. The van der Waals surface area contributed by atoms with Crippen LogP contribution in [0.3, 0.4) is 0 Å². The summed E-state index contributed by atoms with van der Waals surface area (Å²) in [5.74, 6) is 0. The Morgan fingerprint density at radius 1 is 1.14 bits per heavy atom. The molecule has 120 valence electrons. The van der Waals surface area contributed by atoms with E-state index in [-0.39, 0.29) is 17.8 Å². The molecule has 0 radical (unpaired) electrons. The summed E-state index contributed by atoms with van der Waals surface area (Å²) in [6, 6.07) is 5.20. The Morgan fingerprint density at radius 3 is 2.29 bits per heavy atom. The smallest absolute Gasteiger partial charge is 0.374 e. The molecule has 1 aromatic carbocycles. The fraction of sp³-hybridized carbons (Fsp3) is 0.625. The van der Waals surface area contributed by atoms with E-state index in [1.165, 1.54) is 12.1 Å². The maximum Gasteiger partial charge on any atom is 0.416 e. The van der Waals surface area contributed by atoms with Crippen LogP contribution in [0.15, 0.2) is 24.3 Å². The van der Waals surface area contributed by atoms with Gasteiger partial charge in [0.05, 0.1) is 23.8 Å². The summed E-state index contributed by atoms with van der Waals surface area (Å²) in [6.45, 7) is 8.49. The van der Waals surface area contributed by atoms with Crippen molar-refractivity contribution in [2.45, 2.75) is 51.9 Å². The number of hydrogen-bond donors (Lipinski definition) is 1. The SMILES string of the molecule is CCCNC(COC(C)(C)C)c1ccccc1C(F)(F)F. The summed E-state index contributed by atoms with van der Waals surface area (Å²) in [4.78, 5) is 0. The quantitative estimate of drug-likeness (QED) is 0.831. The molecular weight excluding hydrogens is 279 g/mol. The topological polar surface area (TPSA) is 21.3 Å². The molecule has 2 nitrogen and oxygen atoms in total. The summed E-state index contributed by atoms with van der Waals surface area (Å²) < 4.78 is 45.1. The molecule has 1 N–H and O–H groups in total. The lowest BCUT2D eigenvalue weighted by Crippen LogP contribution is -2.32. The highest BCUT2D eigenvalue weighted by atomic mass is 19.4. The van der Waals surface area contributed by atoms with Crippen LogP contribution in [0.25, 0.3) is 0 Å². The van der Waals surface area contributed by atoms with Gasteiger partial charge >= 0.3 is 6.18 Å². The highest BCUT2D eigenvalue weighted by Crippen LogP contribution is 2.34. The Hall–Kier alpha value is -1.07. The first kappa shape index (κ1) is 18.0. The minimum atomic E-state index is -4.36.